The van der Waals surface area contributed by atoms with E-state index in [-0.39, 0.29) is 20.2 Å². The van der Waals surface area contributed by atoms with Crippen molar-refractivity contribution in [1.82, 2.24) is 4.72 Å². The van der Waals surface area contributed by atoms with Gasteiger partial charge in [0.2, 0.25) is 22.7 Å². The lowest BCUT2D eigenvalue weighted by Crippen LogP contribution is -2.28. The second kappa shape index (κ2) is 8.96. The zero-order chi connectivity index (χ0) is 26.4. The number of anilines is 1. The van der Waals surface area contributed by atoms with Crippen LogP contribution in [0.2, 0.25) is 0 Å². The van der Waals surface area contributed by atoms with Gasteiger partial charge in [-0.3, -0.25) is 4.79 Å². The number of amides is 1. The molecule has 1 amide bonds. The van der Waals surface area contributed by atoms with E-state index in [4.69, 9.17) is 9.47 Å². The minimum absolute atomic E-state index is 0. The Morgan fingerprint density at radius 3 is 2.30 bits per heavy atom. The molecule has 3 aromatic rings. The molecule has 0 aromatic heterocycles. The molecule has 1 aliphatic heterocycles. The average molecular weight is 539 g/mol. The molecule has 0 atom stereocenters. The van der Waals surface area contributed by atoms with Crippen molar-refractivity contribution in [2.24, 2.45) is 0 Å². The SMILES string of the molecule is CNS(=O)(=O)c1ccc(-c2ccc(OC(F)(F)F)c(NC(=O)C3(c4ccc5c(c4)OCO5)CC3)c2)cc1.[HH].[HH]. The summed E-state index contributed by atoms with van der Waals surface area (Å²) in [4.78, 5) is 13.4. The van der Waals surface area contributed by atoms with E-state index in [1.165, 1.54) is 43.4 Å². The minimum Gasteiger partial charge on any atom is -0.454 e. The highest BCUT2D eigenvalue weighted by molar-refractivity contribution is 7.89. The van der Waals surface area contributed by atoms with Crippen molar-refractivity contribution in [2.45, 2.75) is 29.5 Å². The quantitative estimate of drug-likeness (QED) is 0.437. The van der Waals surface area contributed by atoms with E-state index in [1.54, 1.807) is 18.2 Å². The number of hydrogen-bond donors (Lipinski definition) is 2. The minimum atomic E-state index is -4.97. The van der Waals surface area contributed by atoms with Crippen LogP contribution in [-0.2, 0) is 20.2 Å². The van der Waals surface area contributed by atoms with Crippen LogP contribution in [0.15, 0.2) is 65.6 Å². The second-order valence-electron chi connectivity index (χ2n) is 8.59. The maximum atomic E-state index is 13.4. The number of carbonyl (C=O) groups excluding carboxylic acids is 1. The summed E-state index contributed by atoms with van der Waals surface area (Å²) in [5, 5.41) is 2.62. The number of hydrogen-bond acceptors (Lipinski definition) is 6. The van der Waals surface area contributed by atoms with Gasteiger partial charge in [-0.2, -0.15) is 0 Å². The average Bonchev–Trinajstić information content (AvgIpc) is 3.55. The Hall–Kier alpha value is -3.77. The van der Waals surface area contributed by atoms with E-state index >= 15 is 0 Å². The van der Waals surface area contributed by atoms with E-state index in [9.17, 15) is 26.4 Å². The lowest BCUT2D eigenvalue weighted by Gasteiger charge is -2.19. The van der Waals surface area contributed by atoms with Crippen molar-refractivity contribution >= 4 is 21.6 Å². The molecule has 0 radical (unpaired) electrons. The van der Waals surface area contributed by atoms with Gasteiger partial charge in [-0.1, -0.05) is 24.3 Å². The number of halogens is 3. The molecule has 8 nitrogen and oxygen atoms in total. The summed E-state index contributed by atoms with van der Waals surface area (Å²) in [5.74, 6) is 0.0110. The fraction of sp³-hybridized carbons (Fsp3) is 0.240. The Bertz CT molecular complexity index is 1480. The normalized spacial score (nSPS) is 15.8. The highest BCUT2D eigenvalue weighted by atomic mass is 32.2. The van der Waals surface area contributed by atoms with Gasteiger partial charge in [-0.05, 0) is 73.0 Å². The molecule has 2 N–H and O–H groups in total. The highest BCUT2D eigenvalue weighted by Crippen LogP contribution is 2.51. The Balaban J connectivity index is 0.00000210. The second-order valence-corrected chi connectivity index (χ2v) is 10.5. The summed E-state index contributed by atoms with van der Waals surface area (Å²) >= 11 is 0. The third-order valence-electron chi connectivity index (χ3n) is 6.33. The summed E-state index contributed by atoms with van der Waals surface area (Å²) in [6.45, 7) is 0.0742. The fourth-order valence-electron chi connectivity index (χ4n) is 4.17. The summed E-state index contributed by atoms with van der Waals surface area (Å²) in [6.07, 6.45) is -3.96. The molecular weight excluding hydrogens is 513 g/mol. The predicted octanol–water partition coefficient (Wildman–Crippen LogP) is 5.05. The van der Waals surface area contributed by atoms with Crippen molar-refractivity contribution in [3.05, 3.63) is 66.2 Å². The van der Waals surface area contributed by atoms with Crippen molar-refractivity contribution < 1.29 is 43.4 Å². The van der Waals surface area contributed by atoms with Crippen LogP contribution in [-0.4, -0.2) is 34.5 Å². The molecule has 1 heterocycles. The molecule has 0 unspecified atom stereocenters. The Morgan fingerprint density at radius 1 is 0.973 bits per heavy atom. The molecule has 0 bridgehead atoms. The van der Waals surface area contributed by atoms with Crippen LogP contribution in [0.3, 0.4) is 0 Å². The van der Waals surface area contributed by atoms with Gasteiger partial charge in [0.15, 0.2) is 17.2 Å². The molecular formula is C25H25F3N2O6S. The Morgan fingerprint density at radius 2 is 1.65 bits per heavy atom. The largest absolute Gasteiger partial charge is 0.573 e. The van der Waals surface area contributed by atoms with Crippen molar-refractivity contribution in [2.75, 3.05) is 19.2 Å². The van der Waals surface area contributed by atoms with E-state index in [2.05, 4.69) is 14.8 Å². The molecule has 5 rings (SSSR count). The number of benzene rings is 3. The molecule has 1 aliphatic carbocycles. The van der Waals surface area contributed by atoms with Gasteiger partial charge in [0.25, 0.3) is 0 Å². The number of ether oxygens (including phenoxy) is 3. The standard InChI is InChI=1S/C25H21F3N2O6S.2H2/c1-29-37(32,33)18-6-2-15(3-7-18)16-4-8-20(36-25(26,27)28)19(12-16)30-23(31)24(10-11-24)17-5-9-21-22(13-17)35-14-34-21;;/h2-9,12-13,29H,10-11,14H2,1H3,(H,30,31);2*1H. The maximum Gasteiger partial charge on any atom is 0.573 e. The van der Waals surface area contributed by atoms with Crippen molar-refractivity contribution in [3.63, 3.8) is 0 Å². The van der Waals surface area contributed by atoms with E-state index in [0.717, 1.165) is 6.07 Å². The fourth-order valence-corrected chi connectivity index (χ4v) is 4.90. The van der Waals surface area contributed by atoms with Gasteiger partial charge >= 0.3 is 6.36 Å². The summed E-state index contributed by atoms with van der Waals surface area (Å²) in [5.41, 5.74) is 0.561. The van der Waals surface area contributed by atoms with Crippen LogP contribution in [0.1, 0.15) is 21.3 Å². The first-order valence-electron chi connectivity index (χ1n) is 11.2. The first-order chi connectivity index (χ1) is 17.5. The predicted molar refractivity (Wildman–Crippen MR) is 131 cm³/mol. The number of rotatable bonds is 7. The van der Waals surface area contributed by atoms with Crippen LogP contribution in [0, 0.1) is 0 Å². The monoisotopic (exact) mass is 538 g/mol. The number of alkyl halides is 3. The lowest BCUT2D eigenvalue weighted by molar-refractivity contribution is -0.274. The van der Waals surface area contributed by atoms with Crippen LogP contribution in [0.4, 0.5) is 18.9 Å². The van der Waals surface area contributed by atoms with Gasteiger partial charge in [-0.25, -0.2) is 13.1 Å². The molecule has 198 valence electrons. The molecule has 0 saturated heterocycles. The molecule has 1 saturated carbocycles. The maximum absolute atomic E-state index is 13.4. The zero-order valence-electron chi connectivity index (χ0n) is 19.4. The van der Waals surface area contributed by atoms with E-state index in [1.807, 2.05) is 0 Å². The summed E-state index contributed by atoms with van der Waals surface area (Å²) in [7, 11) is -2.37. The molecule has 3 aromatic carbocycles. The van der Waals surface area contributed by atoms with Crippen LogP contribution in [0.5, 0.6) is 17.2 Å². The van der Waals surface area contributed by atoms with Gasteiger partial charge in [0.1, 0.15) is 0 Å². The van der Waals surface area contributed by atoms with E-state index in [0.29, 0.717) is 41.0 Å². The van der Waals surface area contributed by atoms with Gasteiger partial charge in [0.05, 0.1) is 16.0 Å². The Kier molecular flexibility index (Phi) is 6.03. The van der Waals surface area contributed by atoms with E-state index < -0.39 is 33.5 Å². The van der Waals surface area contributed by atoms with Crippen molar-refractivity contribution in [3.8, 4) is 28.4 Å². The first-order valence-corrected chi connectivity index (χ1v) is 12.6. The molecule has 37 heavy (non-hydrogen) atoms. The van der Waals surface area contributed by atoms with Gasteiger partial charge in [-0.15, -0.1) is 13.2 Å². The molecule has 12 heteroatoms. The first kappa shape index (κ1) is 24.9. The molecule has 1 fully saturated rings. The third kappa shape index (κ3) is 4.94. The van der Waals surface area contributed by atoms with Crippen LogP contribution >= 0.6 is 0 Å². The van der Waals surface area contributed by atoms with Gasteiger partial charge in [0, 0.05) is 2.85 Å². The van der Waals surface area contributed by atoms with Gasteiger partial charge < -0.3 is 19.5 Å². The van der Waals surface area contributed by atoms with Crippen LogP contribution in [0.25, 0.3) is 11.1 Å². The summed E-state index contributed by atoms with van der Waals surface area (Å²) < 4.78 is 80.3. The Labute approximate surface area is 213 Å². The third-order valence-corrected chi connectivity index (χ3v) is 7.76. The highest BCUT2D eigenvalue weighted by Gasteiger charge is 2.52. The van der Waals surface area contributed by atoms with Crippen LogP contribution < -0.4 is 24.2 Å². The number of fused-ring (bicyclic) bond motifs is 1. The number of sulfonamides is 1. The smallest absolute Gasteiger partial charge is 0.454 e. The number of nitrogens with one attached hydrogen (secondary N) is 2. The summed E-state index contributed by atoms with van der Waals surface area (Å²) in [6, 6.07) is 14.8. The lowest BCUT2D eigenvalue weighted by atomic mass is 9.94. The zero-order valence-corrected chi connectivity index (χ0v) is 20.2. The molecule has 0 spiro atoms. The number of carbonyl (C=O) groups is 1. The topological polar surface area (TPSA) is 103 Å². The molecule has 2 aliphatic rings. The van der Waals surface area contributed by atoms with Crippen molar-refractivity contribution in [1.29, 1.82) is 0 Å².